The lowest BCUT2D eigenvalue weighted by Gasteiger charge is -2.25. The molecule has 72 valence electrons. The molecule has 1 aliphatic carbocycles. The number of hydrogen-bond acceptors (Lipinski definition) is 2. The largest absolute Gasteiger partial charge is 0.312 e. The van der Waals surface area contributed by atoms with Crippen molar-refractivity contribution in [2.75, 3.05) is 6.54 Å². The molecular weight excluding hydrogens is 246 g/mol. The van der Waals surface area contributed by atoms with Crippen LogP contribution < -0.4 is 5.32 Å². The highest BCUT2D eigenvalue weighted by Crippen LogP contribution is 2.25. The van der Waals surface area contributed by atoms with Gasteiger partial charge in [-0.3, -0.25) is 0 Å². The number of hydrogen-bond donors (Lipinski definition) is 1. The predicted octanol–water partition coefficient (Wildman–Crippen LogP) is 3.40. The molecule has 0 bridgehead atoms. The van der Waals surface area contributed by atoms with Crippen LogP contribution in [0.25, 0.3) is 0 Å². The highest BCUT2D eigenvalue weighted by atomic mass is 79.9. The second-order valence-corrected chi connectivity index (χ2v) is 5.57. The molecule has 1 nitrogen and oxygen atoms in total. The maximum Gasteiger partial charge on any atom is 0.0300 e. The van der Waals surface area contributed by atoms with Gasteiger partial charge in [0, 0.05) is 21.3 Å². The van der Waals surface area contributed by atoms with Crippen LogP contribution in [0.15, 0.2) is 15.9 Å². The smallest absolute Gasteiger partial charge is 0.0300 e. The Morgan fingerprint density at radius 2 is 2.38 bits per heavy atom. The fourth-order valence-electron chi connectivity index (χ4n) is 1.54. The van der Waals surface area contributed by atoms with Crippen molar-refractivity contribution in [1.82, 2.24) is 5.32 Å². The van der Waals surface area contributed by atoms with E-state index in [1.54, 1.807) is 0 Å². The van der Waals surface area contributed by atoms with Crippen LogP contribution in [0.5, 0.6) is 0 Å². The van der Waals surface area contributed by atoms with Gasteiger partial charge in [-0.1, -0.05) is 6.42 Å². The van der Waals surface area contributed by atoms with Gasteiger partial charge in [0.2, 0.25) is 0 Å². The molecule has 1 aromatic heterocycles. The number of nitrogens with one attached hydrogen (secondary N) is 1. The predicted molar refractivity (Wildman–Crippen MR) is 61.1 cm³/mol. The Hall–Kier alpha value is 0.140. The monoisotopic (exact) mass is 259 g/mol. The Kier molecular flexibility index (Phi) is 3.41. The van der Waals surface area contributed by atoms with Crippen LogP contribution >= 0.6 is 27.3 Å². The van der Waals surface area contributed by atoms with Crippen LogP contribution in [-0.4, -0.2) is 6.54 Å². The first-order valence-electron chi connectivity index (χ1n) is 4.78. The van der Waals surface area contributed by atoms with Gasteiger partial charge >= 0.3 is 0 Å². The van der Waals surface area contributed by atoms with E-state index >= 15 is 0 Å². The van der Waals surface area contributed by atoms with E-state index in [1.807, 2.05) is 11.3 Å². The van der Waals surface area contributed by atoms with Gasteiger partial charge in [-0.25, -0.2) is 0 Å². The van der Waals surface area contributed by atoms with Crippen molar-refractivity contribution in [2.24, 2.45) is 5.92 Å². The molecule has 1 fully saturated rings. The maximum absolute atomic E-state index is 3.51. The number of halogens is 1. The Labute approximate surface area is 91.7 Å². The van der Waals surface area contributed by atoms with E-state index in [4.69, 9.17) is 0 Å². The molecule has 0 amide bonds. The van der Waals surface area contributed by atoms with E-state index in [-0.39, 0.29) is 0 Å². The molecular formula is C10H14BrNS. The standard InChI is InChI=1S/C10H14BrNS/c11-9-4-10(13-7-9)6-12-5-8-2-1-3-8/h4,7-8,12H,1-3,5-6H2. The van der Waals surface area contributed by atoms with Crippen molar-refractivity contribution in [3.05, 3.63) is 20.8 Å². The summed E-state index contributed by atoms with van der Waals surface area (Å²) in [4.78, 5) is 1.42. The van der Waals surface area contributed by atoms with E-state index in [0.717, 1.165) is 12.5 Å². The minimum atomic E-state index is 0.961. The van der Waals surface area contributed by atoms with Crippen LogP contribution in [-0.2, 0) is 6.54 Å². The molecule has 1 aliphatic rings. The van der Waals surface area contributed by atoms with Crippen molar-refractivity contribution in [1.29, 1.82) is 0 Å². The summed E-state index contributed by atoms with van der Waals surface area (Å²) in [6.07, 6.45) is 4.30. The molecule has 0 aromatic carbocycles. The molecule has 1 saturated carbocycles. The van der Waals surface area contributed by atoms with Crippen LogP contribution in [0.1, 0.15) is 24.1 Å². The van der Waals surface area contributed by atoms with Crippen molar-refractivity contribution in [3.8, 4) is 0 Å². The summed E-state index contributed by atoms with van der Waals surface area (Å²) >= 11 is 5.28. The number of rotatable bonds is 4. The van der Waals surface area contributed by atoms with E-state index in [9.17, 15) is 0 Å². The molecule has 1 heterocycles. The van der Waals surface area contributed by atoms with E-state index in [1.165, 1.54) is 35.2 Å². The summed E-state index contributed by atoms with van der Waals surface area (Å²) in [6.45, 7) is 2.24. The zero-order chi connectivity index (χ0) is 9.10. The molecule has 1 aromatic rings. The van der Waals surface area contributed by atoms with Gasteiger partial charge in [-0.15, -0.1) is 11.3 Å². The zero-order valence-corrected chi connectivity index (χ0v) is 9.96. The van der Waals surface area contributed by atoms with Crippen LogP contribution in [0, 0.1) is 5.92 Å². The van der Waals surface area contributed by atoms with Gasteiger partial charge in [0.1, 0.15) is 0 Å². The lowest BCUT2D eigenvalue weighted by molar-refractivity contribution is 0.301. The van der Waals surface area contributed by atoms with Gasteiger partial charge in [-0.05, 0) is 47.3 Å². The second-order valence-electron chi connectivity index (χ2n) is 3.66. The van der Waals surface area contributed by atoms with Crippen molar-refractivity contribution >= 4 is 27.3 Å². The average Bonchev–Trinajstić information content (AvgIpc) is 2.42. The highest BCUT2D eigenvalue weighted by molar-refractivity contribution is 9.10. The van der Waals surface area contributed by atoms with Gasteiger partial charge in [-0.2, -0.15) is 0 Å². The first-order chi connectivity index (χ1) is 6.34. The SMILES string of the molecule is Brc1csc(CNCC2CCC2)c1. The fourth-order valence-corrected chi connectivity index (χ4v) is 2.96. The lowest BCUT2D eigenvalue weighted by atomic mass is 9.85. The minimum absolute atomic E-state index is 0.961. The Morgan fingerprint density at radius 1 is 1.54 bits per heavy atom. The first kappa shape index (κ1) is 9.69. The van der Waals surface area contributed by atoms with Crippen LogP contribution in [0.4, 0.5) is 0 Å². The van der Waals surface area contributed by atoms with Gasteiger partial charge < -0.3 is 5.32 Å². The summed E-state index contributed by atoms with van der Waals surface area (Å²) in [6, 6.07) is 2.19. The van der Waals surface area contributed by atoms with Crippen molar-refractivity contribution < 1.29 is 0 Å². The maximum atomic E-state index is 3.51. The Bertz CT molecular complexity index is 268. The van der Waals surface area contributed by atoms with Crippen molar-refractivity contribution in [2.45, 2.75) is 25.8 Å². The number of thiophene rings is 1. The fraction of sp³-hybridized carbons (Fsp3) is 0.600. The van der Waals surface area contributed by atoms with Gasteiger partial charge in [0.05, 0.1) is 0 Å². The van der Waals surface area contributed by atoms with E-state index in [0.29, 0.717) is 0 Å². The van der Waals surface area contributed by atoms with Gasteiger partial charge in [0.25, 0.3) is 0 Å². The first-order valence-corrected chi connectivity index (χ1v) is 6.45. The van der Waals surface area contributed by atoms with Crippen LogP contribution in [0.3, 0.4) is 0 Å². The average molecular weight is 260 g/mol. The highest BCUT2D eigenvalue weighted by Gasteiger charge is 2.16. The summed E-state index contributed by atoms with van der Waals surface area (Å²) in [7, 11) is 0. The molecule has 0 unspecified atom stereocenters. The molecule has 0 saturated heterocycles. The summed E-state index contributed by atoms with van der Waals surface area (Å²) < 4.78 is 1.21. The molecule has 3 heteroatoms. The topological polar surface area (TPSA) is 12.0 Å². The minimum Gasteiger partial charge on any atom is -0.312 e. The summed E-state index contributed by atoms with van der Waals surface area (Å²) in [5.74, 6) is 0.961. The van der Waals surface area contributed by atoms with Crippen LogP contribution in [0.2, 0.25) is 0 Å². The second kappa shape index (κ2) is 4.58. The molecule has 0 aliphatic heterocycles. The Balaban J connectivity index is 1.67. The zero-order valence-electron chi connectivity index (χ0n) is 7.55. The quantitative estimate of drug-likeness (QED) is 0.874. The van der Waals surface area contributed by atoms with E-state index in [2.05, 4.69) is 32.7 Å². The third-order valence-corrected chi connectivity index (χ3v) is 4.28. The summed E-state index contributed by atoms with van der Waals surface area (Å²) in [5.41, 5.74) is 0. The third kappa shape index (κ3) is 2.79. The third-order valence-electron chi connectivity index (χ3n) is 2.58. The molecule has 2 rings (SSSR count). The lowest BCUT2D eigenvalue weighted by Crippen LogP contribution is -2.26. The molecule has 13 heavy (non-hydrogen) atoms. The van der Waals surface area contributed by atoms with E-state index < -0.39 is 0 Å². The molecule has 0 atom stereocenters. The molecule has 0 spiro atoms. The molecule has 0 radical (unpaired) electrons. The normalized spacial score (nSPS) is 17.3. The van der Waals surface area contributed by atoms with Gasteiger partial charge in [0.15, 0.2) is 0 Å². The van der Waals surface area contributed by atoms with Crippen molar-refractivity contribution in [3.63, 3.8) is 0 Å². The summed E-state index contributed by atoms with van der Waals surface area (Å²) in [5, 5.41) is 5.65. The molecule has 1 N–H and O–H groups in total. The Morgan fingerprint density at radius 3 is 2.92 bits per heavy atom.